The van der Waals surface area contributed by atoms with Gasteiger partial charge in [-0.15, -0.1) is 10.2 Å². The summed E-state index contributed by atoms with van der Waals surface area (Å²) in [6.07, 6.45) is -5.33. The van der Waals surface area contributed by atoms with Crippen molar-refractivity contribution in [1.82, 2.24) is 0 Å². The molecule has 0 aromatic heterocycles. The Morgan fingerprint density at radius 1 is 1.42 bits per heavy atom. The van der Waals surface area contributed by atoms with E-state index in [1.165, 1.54) is 0 Å². The van der Waals surface area contributed by atoms with Crippen molar-refractivity contribution in [3.05, 3.63) is 0 Å². The lowest BCUT2D eigenvalue weighted by molar-refractivity contribution is -0.129. The van der Waals surface area contributed by atoms with Crippen molar-refractivity contribution in [3.8, 4) is 0 Å². The van der Waals surface area contributed by atoms with Gasteiger partial charge in [0.05, 0.1) is 0 Å². The maximum atomic E-state index is 11.8. The second kappa shape index (κ2) is 2.58. The molecule has 0 aliphatic carbocycles. The molecule has 1 heterocycles. The van der Waals surface area contributed by atoms with Crippen molar-refractivity contribution >= 4 is 17.4 Å². The number of nitrogens with zero attached hydrogens (tertiary/aromatic N) is 2. The fraction of sp³-hybridized carbons (Fsp3) is 0.400. The molecular formula is C5H3F3N2O2. The van der Waals surface area contributed by atoms with Gasteiger partial charge in [-0.3, -0.25) is 0 Å². The van der Waals surface area contributed by atoms with Gasteiger partial charge in [-0.05, 0) is 0 Å². The van der Waals surface area contributed by atoms with Crippen LogP contribution in [0.1, 0.15) is 6.42 Å². The quantitative estimate of drug-likeness (QED) is 0.649. The van der Waals surface area contributed by atoms with Gasteiger partial charge in [0.15, 0.2) is 11.4 Å². The number of hydrogen-bond donors (Lipinski definition) is 1. The van der Waals surface area contributed by atoms with Crippen LogP contribution in [-0.4, -0.2) is 28.7 Å². The van der Waals surface area contributed by atoms with Crippen LogP contribution in [0, 0.1) is 0 Å². The number of rotatable bonds is 1. The highest BCUT2D eigenvalue weighted by atomic mass is 19.4. The predicted octanol–water partition coefficient (Wildman–Crippen LogP) is 0.834. The maximum Gasteiger partial charge on any atom is 0.431 e. The predicted molar refractivity (Wildman–Crippen MR) is 33.2 cm³/mol. The van der Waals surface area contributed by atoms with E-state index in [0.717, 1.165) is 0 Å². The Labute approximate surface area is 64.4 Å². The summed E-state index contributed by atoms with van der Waals surface area (Å²) in [6, 6.07) is 0. The van der Waals surface area contributed by atoms with E-state index in [2.05, 4.69) is 10.2 Å². The molecule has 0 atom stereocenters. The molecule has 12 heavy (non-hydrogen) atoms. The first-order valence-corrected chi connectivity index (χ1v) is 2.85. The molecule has 0 unspecified atom stereocenters. The Morgan fingerprint density at radius 3 is 2.25 bits per heavy atom. The van der Waals surface area contributed by atoms with E-state index in [1.54, 1.807) is 0 Å². The van der Waals surface area contributed by atoms with Crippen molar-refractivity contribution in [3.63, 3.8) is 0 Å². The zero-order valence-electron chi connectivity index (χ0n) is 5.59. The molecule has 66 valence electrons. The van der Waals surface area contributed by atoms with Gasteiger partial charge in [0, 0.05) is 6.42 Å². The molecule has 1 rings (SSSR count). The van der Waals surface area contributed by atoms with Crippen molar-refractivity contribution in [2.45, 2.75) is 12.6 Å². The van der Waals surface area contributed by atoms with E-state index in [9.17, 15) is 18.0 Å². The third-order valence-electron chi connectivity index (χ3n) is 1.20. The Balaban J connectivity index is 2.69. The number of halogens is 3. The second-order valence-electron chi connectivity index (χ2n) is 2.07. The Bertz CT molecular complexity index is 279. The van der Waals surface area contributed by atoms with Crippen LogP contribution in [-0.2, 0) is 4.79 Å². The molecule has 0 spiro atoms. The lowest BCUT2D eigenvalue weighted by Gasteiger charge is -2.02. The highest BCUT2D eigenvalue weighted by Gasteiger charge is 2.39. The van der Waals surface area contributed by atoms with E-state index >= 15 is 0 Å². The Morgan fingerprint density at radius 2 is 2.00 bits per heavy atom. The number of carboxylic acids is 1. The molecule has 0 fully saturated rings. The first kappa shape index (κ1) is 8.69. The summed E-state index contributed by atoms with van der Waals surface area (Å²) in [5.74, 6) is -1.47. The summed E-state index contributed by atoms with van der Waals surface area (Å²) >= 11 is 0. The molecule has 1 N–H and O–H groups in total. The first-order valence-electron chi connectivity index (χ1n) is 2.85. The summed E-state index contributed by atoms with van der Waals surface area (Å²) in [7, 11) is 0. The van der Waals surface area contributed by atoms with Crippen LogP contribution in [0.3, 0.4) is 0 Å². The van der Waals surface area contributed by atoms with Crippen molar-refractivity contribution in [2.24, 2.45) is 10.2 Å². The molecule has 4 nitrogen and oxygen atoms in total. The minimum atomic E-state index is -4.58. The highest BCUT2D eigenvalue weighted by molar-refractivity contribution is 6.40. The average Bonchev–Trinajstić information content (AvgIpc) is 2.30. The van der Waals surface area contributed by atoms with E-state index in [1.807, 2.05) is 0 Å². The van der Waals surface area contributed by atoms with Gasteiger partial charge in [0.2, 0.25) is 0 Å². The molecule has 0 aromatic carbocycles. The SMILES string of the molecule is O=C(O)C1=NN=C(C(F)(F)F)C1. The van der Waals surface area contributed by atoms with Crippen LogP contribution in [0.5, 0.6) is 0 Å². The van der Waals surface area contributed by atoms with Crippen LogP contribution in [0.15, 0.2) is 10.2 Å². The topological polar surface area (TPSA) is 62.0 Å². The van der Waals surface area contributed by atoms with E-state index < -0.39 is 30.0 Å². The van der Waals surface area contributed by atoms with E-state index in [-0.39, 0.29) is 0 Å². The van der Waals surface area contributed by atoms with E-state index in [4.69, 9.17) is 5.11 Å². The van der Waals surface area contributed by atoms with Gasteiger partial charge in [-0.2, -0.15) is 13.2 Å². The number of alkyl halides is 3. The monoisotopic (exact) mass is 180 g/mol. The molecule has 7 heteroatoms. The van der Waals surface area contributed by atoms with Crippen LogP contribution in [0.25, 0.3) is 0 Å². The molecule has 0 radical (unpaired) electrons. The molecular weight excluding hydrogens is 177 g/mol. The van der Waals surface area contributed by atoms with Gasteiger partial charge >= 0.3 is 12.1 Å². The number of carbonyl (C=O) groups is 1. The number of carboxylic acid groups (broad SMARTS) is 1. The highest BCUT2D eigenvalue weighted by Crippen LogP contribution is 2.22. The fourth-order valence-corrected chi connectivity index (χ4v) is 0.625. The Kier molecular flexibility index (Phi) is 1.87. The summed E-state index contributed by atoms with van der Waals surface area (Å²) in [5.41, 5.74) is -1.75. The zero-order chi connectivity index (χ0) is 9.35. The lowest BCUT2D eigenvalue weighted by atomic mass is 10.2. The molecule has 1 aliphatic heterocycles. The summed E-state index contributed by atoms with van der Waals surface area (Å²) in [4.78, 5) is 10.1. The minimum absolute atomic E-state index is 0.581. The number of aliphatic carboxylic acids is 1. The molecule has 0 saturated carbocycles. The van der Waals surface area contributed by atoms with Crippen LogP contribution >= 0.6 is 0 Å². The fourth-order valence-electron chi connectivity index (χ4n) is 0.625. The van der Waals surface area contributed by atoms with Gasteiger partial charge in [-0.1, -0.05) is 0 Å². The molecule has 0 bridgehead atoms. The van der Waals surface area contributed by atoms with Crippen molar-refractivity contribution in [2.75, 3.05) is 0 Å². The third kappa shape index (κ3) is 1.60. The lowest BCUT2D eigenvalue weighted by Crippen LogP contribution is -2.24. The van der Waals surface area contributed by atoms with Crippen LogP contribution in [0.2, 0.25) is 0 Å². The molecule has 0 amide bonds. The number of hydrogen-bond acceptors (Lipinski definition) is 3. The minimum Gasteiger partial charge on any atom is -0.477 e. The van der Waals surface area contributed by atoms with Gasteiger partial charge < -0.3 is 5.11 Å². The second-order valence-corrected chi connectivity index (χ2v) is 2.07. The summed E-state index contributed by atoms with van der Waals surface area (Å²) < 4.78 is 35.4. The standard InChI is InChI=1S/C5H3F3N2O2/c6-5(7,8)3-1-2(4(11)12)9-10-3/h1H2,(H,11,12). The van der Waals surface area contributed by atoms with Crippen LogP contribution in [0.4, 0.5) is 13.2 Å². The smallest absolute Gasteiger partial charge is 0.431 e. The van der Waals surface area contributed by atoms with Gasteiger partial charge in [0.25, 0.3) is 0 Å². The largest absolute Gasteiger partial charge is 0.477 e. The zero-order valence-corrected chi connectivity index (χ0v) is 5.59. The molecule has 1 aliphatic rings. The average molecular weight is 180 g/mol. The van der Waals surface area contributed by atoms with Crippen molar-refractivity contribution < 1.29 is 23.1 Å². The summed E-state index contributed by atoms with van der Waals surface area (Å²) in [5, 5.41) is 13.8. The maximum absolute atomic E-state index is 11.8. The third-order valence-corrected chi connectivity index (χ3v) is 1.20. The Hall–Kier alpha value is -1.40. The first-order chi connectivity index (χ1) is 5.41. The van der Waals surface area contributed by atoms with Crippen LogP contribution < -0.4 is 0 Å². The van der Waals surface area contributed by atoms with Crippen molar-refractivity contribution in [1.29, 1.82) is 0 Å². The van der Waals surface area contributed by atoms with Gasteiger partial charge in [0.1, 0.15) is 0 Å². The molecule has 0 saturated heterocycles. The molecule has 0 aromatic rings. The summed E-state index contributed by atoms with van der Waals surface area (Å²) in [6.45, 7) is 0. The van der Waals surface area contributed by atoms with E-state index in [0.29, 0.717) is 0 Å². The van der Waals surface area contributed by atoms with Gasteiger partial charge in [-0.25, -0.2) is 4.79 Å². The normalized spacial score (nSPS) is 17.2.